The summed E-state index contributed by atoms with van der Waals surface area (Å²) < 4.78 is 5.93. The molecule has 4 unspecified atom stereocenters. The topological polar surface area (TPSA) is 95.4 Å². The maximum Gasteiger partial charge on any atom is 0.138 e. The fourth-order valence-electron chi connectivity index (χ4n) is 5.90. The highest BCUT2D eigenvalue weighted by Gasteiger charge is 2.62. The molecule has 1 aromatic carbocycles. The van der Waals surface area contributed by atoms with Gasteiger partial charge in [0, 0.05) is 35.5 Å². The first-order valence-electron chi connectivity index (χ1n) is 12.3. The predicted molar refractivity (Wildman–Crippen MR) is 140 cm³/mol. The molecule has 4 atom stereocenters. The van der Waals surface area contributed by atoms with Crippen LogP contribution in [0.4, 0.5) is 5.69 Å². The number of ether oxygens (including phenoxy) is 1. The van der Waals surface area contributed by atoms with Gasteiger partial charge in [0.2, 0.25) is 0 Å². The maximum atomic E-state index is 9.61. The van der Waals surface area contributed by atoms with Gasteiger partial charge in [0.25, 0.3) is 0 Å². The average Bonchev–Trinajstić information content (AvgIpc) is 3.35. The third-order valence-corrected chi connectivity index (χ3v) is 9.22. The Morgan fingerprint density at radius 3 is 3.06 bits per heavy atom. The number of aromatic nitrogens is 3. The van der Waals surface area contributed by atoms with E-state index in [4.69, 9.17) is 16.3 Å². The van der Waals surface area contributed by atoms with Crippen LogP contribution in [-0.4, -0.2) is 43.2 Å². The second kappa shape index (κ2) is 9.79. The molecule has 2 aliphatic heterocycles. The van der Waals surface area contributed by atoms with Gasteiger partial charge in [-0.15, -0.1) is 5.12 Å². The highest BCUT2D eigenvalue weighted by atomic mass is 35.5. The maximum absolute atomic E-state index is 9.61. The number of hydrogen-bond donors (Lipinski definition) is 3. The first kappa shape index (κ1) is 23.9. The summed E-state index contributed by atoms with van der Waals surface area (Å²) in [5.41, 5.74) is 11.1. The molecule has 0 radical (unpaired) electrons. The molecule has 1 aliphatic carbocycles. The zero-order valence-corrected chi connectivity index (χ0v) is 21.6. The SMILES string of the molecule is Cc1cccc(COc2ccc(NN3NC4CCC(CCO)CC45c4cncnc4SC35)cc2Cl)n1. The number of rotatable bonds is 7. The summed E-state index contributed by atoms with van der Waals surface area (Å²) in [6.07, 6.45) is 7.58. The number of aliphatic hydroxyl groups is 1. The fourth-order valence-corrected chi connectivity index (χ4v) is 7.65. The van der Waals surface area contributed by atoms with Gasteiger partial charge in [-0.2, -0.15) is 0 Å². The minimum atomic E-state index is -0.111. The van der Waals surface area contributed by atoms with E-state index in [0.29, 0.717) is 23.3 Å². The molecule has 2 fully saturated rings. The second-order valence-corrected chi connectivity index (χ2v) is 11.3. The molecule has 10 heteroatoms. The molecule has 3 N–H and O–H groups in total. The fraction of sp³-hybridized carbons (Fsp3) is 0.423. The van der Waals surface area contributed by atoms with E-state index < -0.39 is 0 Å². The minimum Gasteiger partial charge on any atom is -0.486 e. The third-order valence-electron chi connectivity index (χ3n) is 7.52. The van der Waals surface area contributed by atoms with Gasteiger partial charge in [-0.1, -0.05) is 29.4 Å². The number of pyridine rings is 1. The molecule has 1 spiro atoms. The summed E-state index contributed by atoms with van der Waals surface area (Å²) in [7, 11) is 0. The van der Waals surface area contributed by atoms with Crippen molar-refractivity contribution in [3.63, 3.8) is 0 Å². The number of nitrogens with zero attached hydrogens (tertiary/aromatic N) is 4. The summed E-state index contributed by atoms with van der Waals surface area (Å²) in [6.45, 7) is 2.55. The summed E-state index contributed by atoms with van der Waals surface area (Å²) in [4.78, 5) is 13.4. The highest BCUT2D eigenvalue weighted by molar-refractivity contribution is 8.00. The number of aliphatic hydroxyl groups excluding tert-OH is 1. The standard InChI is InChI=1S/C26H29ClN6O2S/c1-16-3-2-4-19(30-16)14-35-22-7-6-18(11-21(22)27)31-33-25-26(20-13-28-15-29-24(20)36-25)12-17(9-10-34)5-8-23(26)32-33/h2-4,6-7,11,13,15,17,23,25,31-32,34H,5,8-10,12,14H2,1H3. The Kier molecular flexibility index (Phi) is 6.51. The van der Waals surface area contributed by atoms with Gasteiger partial charge in [-0.25, -0.2) is 15.4 Å². The molecule has 2 aromatic heterocycles. The molecule has 4 heterocycles. The largest absolute Gasteiger partial charge is 0.486 e. The van der Waals surface area contributed by atoms with E-state index in [1.165, 1.54) is 5.56 Å². The molecule has 1 saturated carbocycles. The van der Waals surface area contributed by atoms with Crippen molar-refractivity contribution in [2.45, 2.75) is 61.1 Å². The smallest absolute Gasteiger partial charge is 0.138 e. The number of hydrazine groups is 2. The van der Waals surface area contributed by atoms with Gasteiger partial charge < -0.3 is 15.3 Å². The molecular formula is C26H29ClN6O2S. The summed E-state index contributed by atoms with van der Waals surface area (Å²) in [5.74, 6) is 1.10. The number of benzene rings is 1. The number of aryl methyl sites for hydroxylation is 1. The lowest BCUT2D eigenvalue weighted by molar-refractivity contribution is 0.167. The molecule has 0 bridgehead atoms. The highest BCUT2D eigenvalue weighted by Crippen LogP contribution is 2.60. The van der Waals surface area contributed by atoms with Gasteiger partial charge in [-0.3, -0.25) is 4.98 Å². The van der Waals surface area contributed by atoms with Crippen molar-refractivity contribution >= 4 is 29.1 Å². The number of fused-ring (bicyclic) bond motifs is 1. The first-order valence-corrected chi connectivity index (χ1v) is 13.6. The van der Waals surface area contributed by atoms with Crippen LogP contribution < -0.4 is 15.6 Å². The summed E-state index contributed by atoms with van der Waals surface area (Å²) in [5, 5.41) is 13.4. The normalized spacial score (nSPS) is 26.8. The van der Waals surface area contributed by atoms with E-state index in [2.05, 4.69) is 30.9 Å². The minimum absolute atomic E-state index is 0.109. The van der Waals surface area contributed by atoms with Crippen LogP contribution in [-0.2, 0) is 12.0 Å². The van der Waals surface area contributed by atoms with E-state index in [1.807, 2.05) is 49.5 Å². The lowest BCUT2D eigenvalue weighted by atomic mass is 9.63. The molecule has 188 valence electrons. The number of hydrogen-bond acceptors (Lipinski definition) is 9. The van der Waals surface area contributed by atoms with Crippen LogP contribution >= 0.6 is 23.4 Å². The Morgan fingerprint density at radius 1 is 1.31 bits per heavy atom. The molecule has 1 saturated heterocycles. The van der Waals surface area contributed by atoms with Crippen LogP contribution in [0, 0.1) is 12.8 Å². The predicted octanol–water partition coefficient (Wildman–Crippen LogP) is 4.48. The molecule has 8 nitrogen and oxygen atoms in total. The van der Waals surface area contributed by atoms with Crippen molar-refractivity contribution in [3.05, 3.63) is 70.9 Å². The van der Waals surface area contributed by atoms with Crippen molar-refractivity contribution in [3.8, 4) is 5.75 Å². The number of thioether (sulfide) groups is 1. The van der Waals surface area contributed by atoms with E-state index in [0.717, 1.165) is 47.8 Å². The van der Waals surface area contributed by atoms with Gasteiger partial charge in [0.15, 0.2) is 0 Å². The van der Waals surface area contributed by atoms with Crippen LogP contribution in [0.3, 0.4) is 0 Å². The van der Waals surface area contributed by atoms with Crippen LogP contribution in [0.1, 0.15) is 42.6 Å². The second-order valence-electron chi connectivity index (χ2n) is 9.78. The van der Waals surface area contributed by atoms with E-state index in [1.54, 1.807) is 18.1 Å². The number of halogens is 1. The third kappa shape index (κ3) is 4.22. The Labute approximate surface area is 219 Å². The Balaban J connectivity index is 1.21. The monoisotopic (exact) mass is 524 g/mol. The van der Waals surface area contributed by atoms with Gasteiger partial charge in [0.05, 0.1) is 16.4 Å². The Bertz CT molecular complexity index is 1260. The number of anilines is 1. The molecule has 3 aromatic rings. The van der Waals surface area contributed by atoms with Crippen molar-refractivity contribution < 1.29 is 9.84 Å². The van der Waals surface area contributed by atoms with Crippen molar-refractivity contribution in [1.29, 1.82) is 0 Å². The van der Waals surface area contributed by atoms with Crippen LogP contribution in [0.25, 0.3) is 0 Å². The lowest BCUT2D eigenvalue weighted by Gasteiger charge is -2.41. The number of nitrogens with one attached hydrogen (secondary N) is 2. The summed E-state index contributed by atoms with van der Waals surface area (Å²) >= 11 is 8.37. The quantitative estimate of drug-likeness (QED) is 0.386. The van der Waals surface area contributed by atoms with Crippen LogP contribution in [0.5, 0.6) is 5.75 Å². The van der Waals surface area contributed by atoms with E-state index >= 15 is 0 Å². The molecule has 3 aliphatic rings. The zero-order chi connectivity index (χ0) is 24.7. The van der Waals surface area contributed by atoms with Gasteiger partial charge in [-0.05, 0) is 68.9 Å². The van der Waals surface area contributed by atoms with Crippen LogP contribution in [0.2, 0.25) is 5.02 Å². The molecule has 36 heavy (non-hydrogen) atoms. The zero-order valence-electron chi connectivity index (χ0n) is 20.0. The first-order chi connectivity index (χ1) is 17.6. The van der Waals surface area contributed by atoms with Gasteiger partial charge in [0.1, 0.15) is 29.1 Å². The molecular weight excluding hydrogens is 496 g/mol. The summed E-state index contributed by atoms with van der Waals surface area (Å²) in [6, 6.07) is 11.9. The van der Waals surface area contributed by atoms with Crippen molar-refractivity contribution in [2.75, 3.05) is 12.0 Å². The molecule has 0 amide bonds. The van der Waals surface area contributed by atoms with Crippen molar-refractivity contribution in [1.82, 2.24) is 25.5 Å². The average molecular weight is 525 g/mol. The van der Waals surface area contributed by atoms with Crippen LogP contribution in [0.15, 0.2) is 53.9 Å². The van der Waals surface area contributed by atoms with Gasteiger partial charge >= 0.3 is 0 Å². The van der Waals surface area contributed by atoms with E-state index in [-0.39, 0.29) is 23.4 Å². The Morgan fingerprint density at radius 2 is 2.22 bits per heavy atom. The van der Waals surface area contributed by atoms with Crippen molar-refractivity contribution in [2.24, 2.45) is 5.92 Å². The Hall–Kier alpha value is -2.43. The molecule has 6 rings (SSSR count). The lowest BCUT2D eigenvalue weighted by Crippen LogP contribution is -2.47. The van der Waals surface area contributed by atoms with E-state index in [9.17, 15) is 5.11 Å².